The molecule has 0 atom stereocenters. The Morgan fingerprint density at radius 1 is 0.436 bits per heavy atom. The maximum Gasteiger partial charge on any atom is 0.127 e. The first-order chi connectivity index (χ1) is 19.3. The van der Waals surface area contributed by atoms with Crippen LogP contribution in [-0.2, 0) is 6.42 Å². The van der Waals surface area contributed by atoms with Crippen molar-refractivity contribution in [3.63, 3.8) is 0 Å². The molecule has 0 saturated carbocycles. The number of hydrogen-bond acceptors (Lipinski definition) is 1. The Morgan fingerprint density at radius 3 is 1.77 bits per heavy atom. The standard InChI is InChI=1S/C38H26O/c1-39-34-21-19-25-11-3-7-15-30(25)38(34)37-29-14-6-2-10-24(29)18-20-33(37)36-32-17-9-5-13-27(32)23-28-22-26-12-4-8-16-31(26)35(28)36/h2-21,23H,22H2,1H3. The molecule has 0 aliphatic heterocycles. The highest BCUT2D eigenvalue weighted by atomic mass is 16.5. The summed E-state index contributed by atoms with van der Waals surface area (Å²) in [5, 5.41) is 7.43. The zero-order valence-corrected chi connectivity index (χ0v) is 21.7. The predicted octanol–water partition coefficient (Wildman–Crippen LogP) is 10.1. The van der Waals surface area contributed by atoms with Gasteiger partial charge in [-0.25, -0.2) is 0 Å². The van der Waals surface area contributed by atoms with Crippen LogP contribution in [0.2, 0.25) is 0 Å². The topological polar surface area (TPSA) is 9.23 Å². The van der Waals surface area contributed by atoms with Gasteiger partial charge in [0.2, 0.25) is 0 Å². The van der Waals surface area contributed by atoms with Gasteiger partial charge in [0.25, 0.3) is 0 Å². The highest BCUT2D eigenvalue weighted by molar-refractivity contribution is 6.17. The zero-order chi connectivity index (χ0) is 25.9. The second-order valence-electron chi connectivity index (χ2n) is 10.4. The Morgan fingerprint density at radius 2 is 1.03 bits per heavy atom. The molecule has 0 unspecified atom stereocenters. The average molecular weight is 499 g/mol. The first kappa shape index (κ1) is 22.1. The van der Waals surface area contributed by atoms with Gasteiger partial charge in [-0.1, -0.05) is 121 Å². The van der Waals surface area contributed by atoms with Crippen molar-refractivity contribution in [2.75, 3.05) is 7.11 Å². The highest BCUT2D eigenvalue weighted by Crippen LogP contribution is 2.52. The molecule has 7 aromatic carbocycles. The molecule has 1 nitrogen and oxygen atoms in total. The zero-order valence-electron chi connectivity index (χ0n) is 21.7. The summed E-state index contributed by atoms with van der Waals surface area (Å²) in [5.41, 5.74) is 10.4. The lowest BCUT2D eigenvalue weighted by Crippen LogP contribution is -1.96. The Hall–Kier alpha value is -4.88. The summed E-state index contributed by atoms with van der Waals surface area (Å²) >= 11 is 0. The Bertz CT molecular complexity index is 2080. The molecular weight excluding hydrogens is 472 g/mol. The Kier molecular flexibility index (Phi) is 4.87. The van der Waals surface area contributed by atoms with Crippen LogP contribution < -0.4 is 4.74 Å². The van der Waals surface area contributed by atoms with Crippen molar-refractivity contribution in [2.24, 2.45) is 0 Å². The van der Waals surface area contributed by atoms with Crippen molar-refractivity contribution in [1.82, 2.24) is 0 Å². The molecule has 184 valence electrons. The van der Waals surface area contributed by atoms with E-state index in [0.717, 1.165) is 17.7 Å². The van der Waals surface area contributed by atoms with E-state index in [4.69, 9.17) is 4.74 Å². The minimum Gasteiger partial charge on any atom is -0.496 e. The van der Waals surface area contributed by atoms with E-state index in [1.807, 2.05) is 0 Å². The van der Waals surface area contributed by atoms with Crippen LogP contribution in [0.15, 0.2) is 127 Å². The maximum absolute atomic E-state index is 6.08. The third-order valence-corrected chi connectivity index (χ3v) is 8.36. The van der Waals surface area contributed by atoms with Crippen LogP contribution in [0.4, 0.5) is 0 Å². The molecular formula is C38H26O. The smallest absolute Gasteiger partial charge is 0.127 e. The summed E-state index contributed by atoms with van der Waals surface area (Å²) in [6.45, 7) is 0. The van der Waals surface area contributed by atoms with E-state index in [9.17, 15) is 0 Å². The molecule has 1 heteroatoms. The van der Waals surface area contributed by atoms with Gasteiger partial charge in [-0.3, -0.25) is 0 Å². The first-order valence-electron chi connectivity index (χ1n) is 13.5. The van der Waals surface area contributed by atoms with Gasteiger partial charge in [0.05, 0.1) is 7.11 Å². The molecule has 1 aliphatic rings. The Labute approximate surface area is 227 Å². The molecule has 0 fully saturated rings. The molecule has 0 aromatic heterocycles. The monoisotopic (exact) mass is 498 g/mol. The van der Waals surface area contributed by atoms with Gasteiger partial charge < -0.3 is 4.74 Å². The third-order valence-electron chi connectivity index (χ3n) is 8.36. The molecule has 8 rings (SSSR count). The van der Waals surface area contributed by atoms with E-state index in [0.29, 0.717) is 0 Å². The minimum absolute atomic E-state index is 0.892. The van der Waals surface area contributed by atoms with E-state index >= 15 is 0 Å². The van der Waals surface area contributed by atoms with Crippen molar-refractivity contribution in [3.8, 4) is 39.1 Å². The van der Waals surface area contributed by atoms with Gasteiger partial charge >= 0.3 is 0 Å². The van der Waals surface area contributed by atoms with Gasteiger partial charge in [-0.2, -0.15) is 0 Å². The van der Waals surface area contributed by atoms with Crippen LogP contribution in [0.1, 0.15) is 11.1 Å². The summed E-state index contributed by atoms with van der Waals surface area (Å²) in [7, 11) is 1.78. The van der Waals surface area contributed by atoms with Crippen molar-refractivity contribution < 1.29 is 4.74 Å². The van der Waals surface area contributed by atoms with Gasteiger partial charge in [-0.05, 0) is 78.2 Å². The number of rotatable bonds is 3. The molecule has 0 bridgehead atoms. The molecule has 7 aromatic rings. The summed E-state index contributed by atoms with van der Waals surface area (Å²) in [6, 6.07) is 46.4. The SMILES string of the molecule is COc1ccc2ccccc2c1-c1c(-c2c3c(cc4ccccc24)Cc2ccccc2-3)ccc2ccccc12. The normalized spacial score (nSPS) is 12.1. The van der Waals surface area contributed by atoms with Crippen LogP contribution in [0.5, 0.6) is 5.75 Å². The summed E-state index contributed by atoms with van der Waals surface area (Å²) in [5.74, 6) is 0.892. The lowest BCUT2D eigenvalue weighted by molar-refractivity contribution is 0.417. The average Bonchev–Trinajstić information content (AvgIpc) is 3.37. The van der Waals surface area contributed by atoms with Gasteiger partial charge in [0, 0.05) is 11.1 Å². The van der Waals surface area contributed by atoms with E-state index in [1.54, 1.807) is 7.11 Å². The molecule has 0 saturated heterocycles. The van der Waals surface area contributed by atoms with E-state index in [2.05, 4.69) is 127 Å². The second-order valence-corrected chi connectivity index (χ2v) is 10.4. The minimum atomic E-state index is 0.892. The van der Waals surface area contributed by atoms with Crippen LogP contribution >= 0.6 is 0 Å². The summed E-state index contributed by atoms with van der Waals surface area (Å²) < 4.78 is 6.08. The fraction of sp³-hybridized carbons (Fsp3) is 0.0526. The summed E-state index contributed by atoms with van der Waals surface area (Å²) in [6.07, 6.45) is 0.962. The van der Waals surface area contributed by atoms with Crippen LogP contribution in [0.25, 0.3) is 65.7 Å². The second kappa shape index (κ2) is 8.58. The van der Waals surface area contributed by atoms with Crippen LogP contribution in [0, 0.1) is 0 Å². The van der Waals surface area contributed by atoms with Gasteiger partial charge in [0.1, 0.15) is 5.75 Å². The number of benzene rings is 7. The van der Waals surface area contributed by atoms with Crippen molar-refractivity contribution in [2.45, 2.75) is 6.42 Å². The van der Waals surface area contributed by atoms with Crippen molar-refractivity contribution >= 4 is 32.3 Å². The number of ether oxygens (including phenoxy) is 1. The molecule has 0 N–H and O–H groups in total. The Balaban J connectivity index is 1.60. The van der Waals surface area contributed by atoms with E-state index in [-0.39, 0.29) is 0 Å². The molecule has 1 aliphatic carbocycles. The highest BCUT2D eigenvalue weighted by Gasteiger charge is 2.27. The number of hydrogen-bond donors (Lipinski definition) is 0. The fourth-order valence-electron chi connectivity index (χ4n) is 6.68. The predicted molar refractivity (Wildman–Crippen MR) is 165 cm³/mol. The van der Waals surface area contributed by atoms with E-state index in [1.165, 1.54) is 71.3 Å². The van der Waals surface area contributed by atoms with Crippen molar-refractivity contribution in [3.05, 3.63) is 139 Å². The molecule has 0 spiro atoms. The molecule has 0 radical (unpaired) electrons. The van der Waals surface area contributed by atoms with Crippen LogP contribution in [-0.4, -0.2) is 7.11 Å². The largest absolute Gasteiger partial charge is 0.496 e. The fourth-order valence-corrected chi connectivity index (χ4v) is 6.68. The van der Waals surface area contributed by atoms with Gasteiger partial charge in [0.15, 0.2) is 0 Å². The summed E-state index contributed by atoms with van der Waals surface area (Å²) in [4.78, 5) is 0. The van der Waals surface area contributed by atoms with Gasteiger partial charge in [-0.15, -0.1) is 0 Å². The lowest BCUT2D eigenvalue weighted by atomic mass is 9.82. The number of methoxy groups -OCH3 is 1. The van der Waals surface area contributed by atoms with Crippen molar-refractivity contribution in [1.29, 1.82) is 0 Å². The molecule has 0 amide bonds. The van der Waals surface area contributed by atoms with E-state index < -0.39 is 0 Å². The number of fused-ring (bicyclic) bond motifs is 6. The quantitative estimate of drug-likeness (QED) is 0.235. The molecule has 39 heavy (non-hydrogen) atoms. The van der Waals surface area contributed by atoms with Crippen LogP contribution in [0.3, 0.4) is 0 Å². The lowest BCUT2D eigenvalue weighted by Gasteiger charge is -2.22. The molecule has 0 heterocycles. The first-order valence-corrected chi connectivity index (χ1v) is 13.5. The maximum atomic E-state index is 6.08. The third kappa shape index (κ3) is 3.26.